The van der Waals surface area contributed by atoms with Crippen molar-refractivity contribution in [3.63, 3.8) is 0 Å². The number of anilines is 1. The maximum Gasteiger partial charge on any atom is 0.262 e. The Morgan fingerprint density at radius 1 is 1.23 bits per heavy atom. The first-order valence-corrected chi connectivity index (χ1v) is 10.7. The average Bonchev–Trinajstić information content (AvgIpc) is 3.04. The van der Waals surface area contributed by atoms with E-state index in [9.17, 15) is 4.79 Å². The van der Waals surface area contributed by atoms with Gasteiger partial charge in [0.2, 0.25) is 0 Å². The highest BCUT2D eigenvalue weighted by atomic mass is 79.9. The van der Waals surface area contributed by atoms with Crippen LogP contribution in [-0.2, 0) is 11.8 Å². The number of amides is 1. The number of hydrogen-bond acceptors (Lipinski definition) is 5. The summed E-state index contributed by atoms with van der Waals surface area (Å²) >= 11 is 9.39. The van der Waals surface area contributed by atoms with E-state index >= 15 is 0 Å². The molecule has 0 spiro atoms. The van der Waals surface area contributed by atoms with Gasteiger partial charge in [-0.25, -0.2) is 0 Å². The van der Waals surface area contributed by atoms with Crippen LogP contribution in [0.2, 0.25) is 5.02 Å². The Bertz CT molecular complexity index is 1040. The largest absolute Gasteiger partial charge is 0.491 e. The van der Waals surface area contributed by atoms with Crippen LogP contribution < -0.4 is 20.5 Å². The molecule has 0 aliphatic heterocycles. The number of halogens is 2. The maximum absolute atomic E-state index is 12.4. The van der Waals surface area contributed by atoms with Gasteiger partial charge in [0.05, 0.1) is 16.4 Å². The minimum Gasteiger partial charge on any atom is -0.491 e. The quantitative estimate of drug-likeness (QED) is 0.464. The monoisotopic (exact) mass is 506 g/mol. The number of hydrogen-bond donors (Lipinski definition) is 2. The Balaban J connectivity index is 1.78. The fourth-order valence-electron chi connectivity index (χ4n) is 2.77. The van der Waals surface area contributed by atoms with Crippen LogP contribution in [0.25, 0.3) is 11.3 Å². The normalized spacial score (nSPS) is 11.3. The van der Waals surface area contributed by atoms with E-state index in [4.69, 9.17) is 26.8 Å². The first-order chi connectivity index (χ1) is 14.6. The molecule has 9 heteroatoms. The summed E-state index contributed by atoms with van der Waals surface area (Å²) in [4.78, 5) is 12.4. The number of rotatable bonds is 8. The molecule has 3 aromatic rings. The number of nitrogens with two attached hydrogens (primary N) is 1. The first-order valence-electron chi connectivity index (χ1n) is 9.54. The standard InChI is InChI=1S/C22H24BrClN4O3/c1-22(2,25)13-31-19-9-6-15(10-17(19)21-18(23)11-26-28(21)3)27-20(29)12-30-16-7-4-14(24)5-8-16/h4-11H,12-13,25H2,1-3H3,(H,27,29). The molecule has 0 aliphatic carbocycles. The van der Waals surface area contributed by atoms with Crippen LogP contribution >= 0.6 is 27.5 Å². The lowest BCUT2D eigenvalue weighted by Gasteiger charge is -2.21. The molecule has 2 aromatic carbocycles. The molecule has 0 fully saturated rings. The number of carbonyl (C=O) groups is 1. The number of nitrogens with one attached hydrogen (secondary N) is 1. The van der Waals surface area contributed by atoms with Gasteiger partial charge < -0.3 is 20.5 Å². The molecule has 0 unspecified atom stereocenters. The first kappa shape index (κ1) is 23.1. The third-order valence-electron chi connectivity index (χ3n) is 4.20. The van der Waals surface area contributed by atoms with E-state index in [1.807, 2.05) is 27.0 Å². The summed E-state index contributed by atoms with van der Waals surface area (Å²) in [5, 5.41) is 7.73. The molecule has 0 radical (unpaired) electrons. The number of aromatic nitrogens is 2. The van der Waals surface area contributed by atoms with E-state index in [0.717, 1.165) is 15.7 Å². The number of benzene rings is 2. The third-order valence-corrected chi connectivity index (χ3v) is 5.03. The van der Waals surface area contributed by atoms with Gasteiger partial charge in [-0.15, -0.1) is 0 Å². The highest BCUT2D eigenvalue weighted by Gasteiger charge is 2.18. The third kappa shape index (κ3) is 6.46. The molecule has 1 heterocycles. The van der Waals surface area contributed by atoms with Crippen molar-refractivity contribution in [2.45, 2.75) is 19.4 Å². The van der Waals surface area contributed by atoms with Crippen LogP contribution in [0.1, 0.15) is 13.8 Å². The van der Waals surface area contributed by atoms with E-state index in [-0.39, 0.29) is 12.5 Å². The van der Waals surface area contributed by atoms with Gasteiger partial charge in [0.1, 0.15) is 18.1 Å². The summed E-state index contributed by atoms with van der Waals surface area (Å²) in [6.45, 7) is 3.98. The van der Waals surface area contributed by atoms with Gasteiger partial charge in [0.15, 0.2) is 6.61 Å². The second-order valence-electron chi connectivity index (χ2n) is 7.74. The SMILES string of the molecule is Cn1ncc(Br)c1-c1cc(NC(=O)COc2ccc(Cl)cc2)ccc1OCC(C)(C)N. The second kappa shape index (κ2) is 9.72. The zero-order valence-electron chi connectivity index (χ0n) is 17.5. The Hall–Kier alpha value is -2.55. The molecule has 0 atom stereocenters. The Kier molecular flexibility index (Phi) is 7.25. The minimum absolute atomic E-state index is 0.133. The molecule has 0 bridgehead atoms. The van der Waals surface area contributed by atoms with Crippen molar-refractivity contribution < 1.29 is 14.3 Å². The number of nitrogens with zero attached hydrogens (tertiary/aromatic N) is 2. The van der Waals surface area contributed by atoms with E-state index < -0.39 is 5.54 Å². The fraction of sp³-hybridized carbons (Fsp3) is 0.273. The predicted octanol–water partition coefficient (Wildman–Crippen LogP) is 4.64. The zero-order chi connectivity index (χ0) is 22.6. The maximum atomic E-state index is 12.4. The summed E-state index contributed by atoms with van der Waals surface area (Å²) in [5.74, 6) is 0.909. The molecule has 7 nitrogen and oxygen atoms in total. The van der Waals surface area contributed by atoms with Gasteiger partial charge in [-0.1, -0.05) is 11.6 Å². The topological polar surface area (TPSA) is 91.4 Å². The zero-order valence-corrected chi connectivity index (χ0v) is 19.8. The molecular weight excluding hydrogens is 484 g/mol. The Morgan fingerprint density at radius 2 is 1.94 bits per heavy atom. The van der Waals surface area contributed by atoms with Gasteiger partial charge in [-0.3, -0.25) is 9.48 Å². The molecule has 164 valence electrons. The number of aryl methyl sites for hydroxylation is 1. The van der Waals surface area contributed by atoms with Gasteiger partial charge >= 0.3 is 0 Å². The van der Waals surface area contributed by atoms with Crippen molar-refractivity contribution >= 4 is 39.1 Å². The molecule has 3 N–H and O–H groups in total. The van der Waals surface area contributed by atoms with Crippen LogP contribution in [0.5, 0.6) is 11.5 Å². The van der Waals surface area contributed by atoms with E-state index in [0.29, 0.717) is 28.8 Å². The van der Waals surface area contributed by atoms with E-state index in [1.165, 1.54) is 0 Å². The van der Waals surface area contributed by atoms with E-state index in [2.05, 4.69) is 26.3 Å². The molecule has 3 rings (SSSR count). The van der Waals surface area contributed by atoms with Crippen molar-refractivity contribution in [3.8, 4) is 22.8 Å². The van der Waals surface area contributed by atoms with Crippen molar-refractivity contribution in [1.29, 1.82) is 0 Å². The summed E-state index contributed by atoms with van der Waals surface area (Å²) in [6.07, 6.45) is 1.71. The van der Waals surface area contributed by atoms with Crippen LogP contribution in [-0.4, -0.2) is 34.4 Å². The molecule has 31 heavy (non-hydrogen) atoms. The lowest BCUT2D eigenvalue weighted by Crippen LogP contribution is -2.38. The Labute approximate surface area is 194 Å². The van der Waals surface area contributed by atoms with Gasteiger partial charge in [-0.05, 0) is 72.2 Å². The molecule has 1 amide bonds. The van der Waals surface area contributed by atoms with Crippen molar-refractivity contribution in [3.05, 3.63) is 58.2 Å². The van der Waals surface area contributed by atoms with E-state index in [1.54, 1.807) is 47.3 Å². The lowest BCUT2D eigenvalue weighted by molar-refractivity contribution is -0.118. The summed E-state index contributed by atoms with van der Waals surface area (Å²) < 4.78 is 14.0. The van der Waals surface area contributed by atoms with Gasteiger partial charge in [0, 0.05) is 28.9 Å². The smallest absolute Gasteiger partial charge is 0.262 e. The average molecular weight is 508 g/mol. The van der Waals surface area contributed by atoms with Crippen molar-refractivity contribution in [2.24, 2.45) is 12.8 Å². The summed E-state index contributed by atoms with van der Waals surface area (Å²) in [5.41, 5.74) is 7.77. The lowest BCUT2D eigenvalue weighted by atomic mass is 10.1. The highest BCUT2D eigenvalue weighted by Crippen LogP contribution is 2.37. The van der Waals surface area contributed by atoms with Gasteiger partial charge in [0.25, 0.3) is 5.91 Å². The minimum atomic E-state index is -0.493. The predicted molar refractivity (Wildman–Crippen MR) is 126 cm³/mol. The molecule has 0 saturated carbocycles. The molecule has 1 aromatic heterocycles. The molecular formula is C22H24BrClN4O3. The van der Waals surface area contributed by atoms with Gasteiger partial charge in [-0.2, -0.15) is 5.10 Å². The fourth-order valence-corrected chi connectivity index (χ4v) is 3.46. The van der Waals surface area contributed by atoms with Crippen molar-refractivity contribution in [1.82, 2.24) is 9.78 Å². The Morgan fingerprint density at radius 3 is 2.55 bits per heavy atom. The summed E-state index contributed by atoms with van der Waals surface area (Å²) in [6, 6.07) is 12.2. The van der Waals surface area contributed by atoms with Crippen LogP contribution in [0.4, 0.5) is 5.69 Å². The van der Waals surface area contributed by atoms with Crippen molar-refractivity contribution in [2.75, 3.05) is 18.5 Å². The second-order valence-corrected chi connectivity index (χ2v) is 9.03. The number of ether oxygens (including phenoxy) is 2. The van der Waals surface area contributed by atoms with Crippen LogP contribution in [0.15, 0.2) is 53.1 Å². The molecule has 0 aliphatic rings. The van der Waals surface area contributed by atoms with Crippen LogP contribution in [0.3, 0.4) is 0 Å². The molecule has 0 saturated heterocycles. The van der Waals surface area contributed by atoms with Crippen LogP contribution in [0, 0.1) is 0 Å². The highest BCUT2D eigenvalue weighted by molar-refractivity contribution is 9.10. The summed E-state index contributed by atoms with van der Waals surface area (Å²) in [7, 11) is 1.84. The number of carbonyl (C=O) groups excluding carboxylic acids is 1.